The highest BCUT2D eigenvalue weighted by Gasteiger charge is 2.58. The molecule has 3 saturated carbocycles. The lowest BCUT2D eigenvalue weighted by atomic mass is 9.50. The number of amides is 1. The van der Waals surface area contributed by atoms with Gasteiger partial charge in [0.1, 0.15) is 11.1 Å². The van der Waals surface area contributed by atoms with Gasteiger partial charge in [-0.3, -0.25) is 14.2 Å². The number of halogens is 5. The Balaban J connectivity index is 1.11. The van der Waals surface area contributed by atoms with Crippen molar-refractivity contribution in [2.45, 2.75) is 56.2 Å². The summed E-state index contributed by atoms with van der Waals surface area (Å²) in [4.78, 5) is 20.3. The van der Waals surface area contributed by atoms with E-state index in [0.29, 0.717) is 5.92 Å². The Kier molecular flexibility index (Phi) is 5.69. The summed E-state index contributed by atoms with van der Waals surface area (Å²) in [5.74, 6) is 1.03. The maximum absolute atomic E-state index is 15.1. The van der Waals surface area contributed by atoms with Crippen LogP contribution in [0.4, 0.5) is 34.1 Å². The van der Waals surface area contributed by atoms with E-state index in [0.717, 1.165) is 19.3 Å². The molecule has 0 spiro atoms. The Hall–Kier alpha value is -3.17. The number of hydrogen-bond acceptors (Lipinski definition) is 8. The van der Waals surface area contributed by atoms with Gasteiger partial charge < -0.3 is 20.1 Å². The summed E-state index contributed by atoms with van der Waals surface area (Å²) < 4.78 is 68.2. The van der Waals surface area contributed by atoms with Crippen molar-refractivity contribution in [1.29, 1.82) is 0 Å². The van der Waals surface area contributed by atoms with Gasteiger partial charge in [-0.25, -0.2) is 19.2 Å². The van der Waals surface area contributed by atoms with Crippen LogP contribution in [0, 0.1) is 5.92 Å². The zero-order chi connectivity index (χ0) is 25.9. The number of ether oxygens (including phenoxy) is 3. The summed E-state index contributed by atoms with van der Waals surface area (Å²) >= 11 is 6.08. The van der Waals surface area contributed by atoms with Crippen molar-refractivity contribution in [2.75, 3.05) is 11.9 Å². The molecule has 4 aliphatic rings. The van der Waals surface area contributed by atoms with Crippen LogP contribution in [0.5, 0.6) is 0 Å². The molecule has 4 fully saturated rings. The lowest BCUT2D eigenvalue weighted by Gasteiger charge is -2.61. The average molecular weight is 546 g/mol. The van der Waals surface area contributed by atoms with Crippen molar-refractivity contribution < 1.29 is 36.6 Å². The first-order valence-corrected chi connectivity index (χ1v) is 11.8. The van der Waals surface area contributed by atoms with Gasteiger partial charge in [-0.15, -0.1) is 13.2 Å². The van der Waals surface area contributed by atoms with Crippen LogP contribution in [0.3, 0.4) is 0 Å². The van der Waals surface area contributed by atoms with E-state index in [1.807, 2.05) is 0 Å². The first-order valence-electron chi connectivity index (χ1n) is 11.4. The summed E-state index contributed by atoms with van der Waals surface area (Å²) in [6.07, 6.45) is -3.85. The summed E-state index contributed by atoms with van der Waals surface area (Å²) in [5, 5.41) is 12.6. The predicted octanol–water partition coefficient (Wildman–Crippen LogP) is 3.94. The fourth-order valence-corrected chi connectivity index (χ4v) is 5.11. The number of rotatable bonds is 7. The fraction of sp³-hybridized carbons (Fsp3) is 0.524. The fourth-order valence-electron chi connectivity index (χ4n) is 4.93. The molecule has 16 heteroatoms. The molecule has 3 aromatic heterocycles. The summed E-state index contributed by atoms with van der Waals surface area (Å²) in [6, 6.07) is 1.48. The molecule has 3 aromatic rings. The van der Waals surface area contributed by atoms with Gasteiger partial charge in [-0.1, -0.05) is 11.6 Å². The zero-order valence-electron chi connectivity index (χ0n) is 18.9. The van der Waals surface area contributed by atoms with Gasteiger partial charge in [0.2, 0.25) is 5.95 Å². The molecule has 2 bridgehead atoms. The quantitative estimate of drug-likeness (QED) is 0.381. The minimum atomic E-state index is -4.81. The highest BCUT2D eigenvalue weighted by atomic mass is 35.5. The zero-order valence-corrected chi connectivity index (χ0v) is 19.6. The van der Waals surface area contributed by atoms with E-state index in [1.54, 1.807) is 0 Å². The van der Waals surface area contributed by atoms with Crippen LogP contribution in [0.25, 0.3) is 5.65 Å². The van der Waals surface area contributed by atoms with Crippen molar-refractivity contribution in [3.05, 3.63) is 34.9 Å². The minimum Gasteiger partial charge on any atom is -0.441 e. The maximum Gasteiger partial charge on any atom is 0.522 e. The Morgan fingerprint density at radius 2 is 2.14 bits per heavy atom. The molecule has 3 atom stereocenters. The number of aromatic amines is 1. The number of alkyl carbamates (subject to hydrolysis) is 1. The highest BCUT2D eigenvalue weighted by molar-refractivity contribution is 6.33. The molecule has 1 amide bonds. The van der Waals surface area contributed by atoms with Crippen LogP contribution >= 0.6 is 11.6 Å². The van der Waals surface area contributed by atoms with Crippen LogP contribution in [0.15, 0.2) is 18.5 Å². The first-order chi connectivity index (χ1) is 17.6. The first kappa shape index (κ1) is 24.2. The van der Waals surface area contributed by atoms with E-state index in [1.165, 1.54) is 22.9 Å². The van der Waals surface area contributed by atoms with Crippen molar-refractivity contribution in [2.24, 2.45) is 5.92 Å². The number of nitrogens with one attached hydrogen (secondary N) is 3. The van der Waals surface area contributed by atoms with E-state index in [-0.39, 0.29) is 46.0 Å². The Morgan fingerprint density at radius 3 is 2.84 bits per heavy atom. The van der Waals surface area contributed by atoms with Crippen molar-refractivity contribution in [1.82, 2.24) is 29.9 Å². The third-order valence-corrected chi connectivity index (χ3v) is 7.04. The van der Waals surface area contributed by atoms with Crippen molar-refractivity contribution in [3.63, 3.8) is 0 Å². The smallest absolute Gasteiger partial charge is 0.441 e. The molecule has 37 heavy (non-hydrogen) atoms. The van der Waals surface area contributed by atoms with Crippen molar-refractivity contribution >= 4 is 35.1 Å². The van der Waals surface area contributed by atoms with E-state index >= 15 is 4.39 Å². The van der Waals surface area contributed by atoms with Gasteiger partial charge in [0.25, 0.3) is 0 Å². The summed E-state index contributed by atoms with van der Waals surface area (Å²) in [6.45, 7) is -0.930. The summed E-state index contributed by atoms with van der Waals surface area (Å²) in [5.41, 5.74) is 0.229. The van der Waals surface area contributed by atoms with E-state index < -0.39 is 37.4 Å². The molecule has 0 aromatic carbocycles. The molecule has 198 valence electrons. The van der Waals surface area contributed by atoms with Crippen LogP contribution in [0.1, 0.15) is 36.8 Å². The number of carbonyl (C=O) groups excluding carboxylic acids is 1. The molecule has 3 aliphatic carbocycles. The van der Waals surface area contributed by atoms with E-state index in [2.05, 4.69) is 35.5 Å². The lowest BCUT2D eigenvalue weighted by Crippen LogP contribution is -2.68. The number of H-pyrrole nitrogens is 1. The summed E-state index contributed by atoms with van der Waals surface area (Å²) in [7, 11) is 0. The topological polar surface area (TPSA) is 128 Å². The number of anilines is 2. The number of carbonyl (C=O) groups is 1. The van der Waals surface area contributed by atoms with Gasteiger partial charge in [0.05, 0.1) is 30.8 Å². The Morgan fingerprint density at radius 1 is 1.35 bits per heavy atom. The maximum atomic E-state index is 15.1. The van der Waals surface area contributed by atoms with Gasteiger partial charge >= 0.3 is 12.5 Å². The molecule has 1 saturated heterocycles. The molecule has 3 N–H and O–H groups in total. The third-order valence-electron chi connectivity index (χ3n) is 6.77. The number of imidazole rings is 1. The second-order valence-corrected chi connectivity index (χ2v) is 9.86. The molecule has 4 heterocycles. The molecule has 0 radical (unpaired) electrons. The van der Waals surface area contributed by atoms with E-state index in [4.69, 9.17) is 21.1 Å². The van der Waals surface area contributed by atoms with Gasteiger partial charge in [-0.2, -0.15) is 5.10 Å². The number of alkyl halides is 4. The SMILES string of the molecule is O=C(NC12CC(C1)C2)O[C@H]1CO[C@@H](c2cc(Nc3ncc(Cl)c4nc(COC(F)(F)F)cn34)n[nH]2)[C@H]1F. The standard InChI is InChI=1S/C21H20ClF4N7O4/c22-11-5-27-18(33-6-10(28-17(11)33)7-36-21(24,25)26)29-14-1-12(31-32-14)16-15(23)13(8-35-16)37-19(34)30-20-2-9(3-20)4-20/h1,5-6,9,13,15-16H,2-4,7-8H2,(H,30,34)(H2,27,29,31,32)/t9?,13-,15-,16-,20?/m0/s1. The van der Waals surface area contributed by atoms with Crippen LogP contribution < -0.4 is 10.6 Å². The third kappa shape index (κ3) is 4.66. The second kappa shape index (κ2) is 8.70. The molecule has 7 rings (SSSR count). The van der Waals surface area contributed by atoms with Crippen LogP contribution in [-0.4, -0.2) is 61.4 Å². The number of nitrogens with zero attached hydrogens (tertiary/aromatic N) is 4. The minimum absolute atomic E-state index is 0.0262. The Labute approximate surface area is 210 Å². The second-order valence-electron chi connectivity index (χ2n) is 9.45. The number of aromatic nitrogens is 5. The molecule has 11 nitrogen and oxygen atoms in total. The predicted molar refractivity (Wildman–Crippen MR) is 118 cm³/mol. The molecule has 0 unspecified atom stereocenters. The monoisotopic (exact) mass is 545 g/mol. The van der Waals surface area contributed by atoms with Gasteiger partial charge in [0, 0.05) is 17.8 Å². The molecule has 1 aliphatic heterocycles. The Bertz CT molecular complexity index is 1330. The van der Waals surface area contributed by atoms with Crippen molar-refractivity contribution in [3.8, 4) is 0 Å². The van der Waals surface area contributed by atoms with E-state index in [9.17, 15) is 18.0 Å². The van der Waals surface area contributed by atoms with Crippen LogP contribution in [0.2, 0.25) is 5.02 Å². The lowest BCUT2D eigenvalue weighted by molar-refractivity contribution is -0.330. The molecular weight excluding hydrogens is 526 g/mol. The largest absolute Gasteiger partial charge is 0.522 e. The highest BCUT2D eigenvalue weighted by Crippen LogP contribution is 2.57. The molecular formula is C21H20ClF4N7O4. The number of fused-ring (bicyclic) bond motifs is 1. The van der Waals surface area contributed by atoms with Gasteiger partial charge in [0.15, 0.2) is 23.7 Å². The van der Waals surface area contributed by atoms with Gasteiger partial charge in [-0.05, 0) is 25.2 Å². The number of hydrogen-bond donors (Lipinski definition) is 3. The van der Waals surface area contributed by atoms with Crippen LogP contribution in [-0.2, 0) is 20.8 Å². The average Bonchev–Trinajstić information content (AvgIpc) is 3.50. The normalized spacial score (nSPS) is 28.6.